The second kappa shape index (κ2) is 18.5. The highest BCUT2D eigenvalue weighted by Gasteiger charge is 1.98. The van der Waals surface area contributed by atoms with E-state index in [2.05, 4.69) is 37.3 Å². The summed E-state index contributed by atoms with van der Waals surface area (Å²) >= 11 is 0. The fourth-order valence-corrected chi connectivity index (χ4v) is 2.02. The first kappa shape index (κ1) is 23.1. The second-order valence-electron chi connectivity index (χ2n) is 5.80. The number of likely N-dealkylation sites (N-methyl/N-ethyl adjacent to an activating group) is 1. The fourth-order valence-electron chi connectivity index (χ4n) is 2.02. The predicted octanol–water partition coefficient (Wildman–Crippen LogP) is 2.89. The highest BCUT2D eigenvalue weighted by Crippen LogP contribution is 2.14. The van der Waals surface area contributed by atoms with E-state index in [1.54, 1.807) is 0 Å². The van der Waals surface area contributed by atoms with E-state index < -0.39 is 0 Å². The molecular formula is C19H38N2O3. The molecule has 0 rings (SSSR count). The zero-order valence-corrected chi connectivity index (χ0v) is 16.0. The van der Waals surface area contributed by atoms with Crippen LogP contribution in [0, 0.1) is 0 Å². The van der Waals surface area contributed by atoms with Crippen LogP contribution in [-0.2, 0) is 14.2 Å². The normalized spacial score (nSPS) is 11.7. The first-order chi connectivity index (χ1) is 11.7. The number of hydrogen-bond acceptors (Lipinski definition) is 5. The second-order valence-corrected chi connectivity index (χ2v) is 5.80. The Bertz CT molecular complexity index is 320. The van der Waals surface area contributed by atoms with E-state index in [9.17, 15) is 0 Å². The molecule has 0 aromatic heterocycles. The summed E-state index contributed by atoms with van der Waals surface area (Å²) in [6.07, 6.45) is 6.92. The molecule has 0 radical (unpaired) electrons. The van der Waals surface area contributed by atoms with E-state index in [4.69, 9.17) is 14.2 Å². The number of hydrogen-bond donors (Lipinski definition) is 2. The van der Waals surface area contributed by atoms with Crippen molar-refractivity contribution in [3.63, 3.8) is 0 Å². The van der Waals surface area contributed by atoms with Gasteiger partial charge in [0.05, 0.1) is 39.6 Å². The third kappa shape index (κ3) is 16.0. The third-order valence-electron chi connectivity index (χ3n) is 3.51. The largest absolute Gasteiger partial charge is 0.388 e. The molecule has 0 heterocycles. The molecule has 0 unspecified atom stereocenters. The van der Waals surface area contributed by atoms with Crippen LogP contribution in [0.15, 0.2) is 23.9 Å². The van der Waals surface area contributed by atoms with Crippen molar-refractivity contribution in [1.29, 1.82) is 0 Å². The lowest BCUT2D eigenvalue weighted by molar-refractivity contribution is 0.0162. The zero-order chi connectivity index (χ0) is 17.9. The van der Waals surface area contributed by atoms with Crippen molar-refractivity contribution in [2.45, 2.75) is 39.5 Å². The molecule has 0 aromatic rings. The minimum absolute atomic E-state index is 0.610. The number of rotatable bonds is 18. The predicted molar refractivity (Wildman–Crippen MR) is 101 cm³/mol. The van der Waals surface area contributed by atoms with Crippen molar-refractivity contribution in [3.8, 4) is 0 Å². The van der Waals surface area contributed by atoms with Gasteiger partial charge in [-0.3, -0.25) is 0 Å². The minimum atomic E-state index is 0.610. The first-order valence-corrected chi connectivity index (χ1v) is 9.18. The minimum Gasteiger partial charge on any atom is -0.388 e. The maximum Gasteiger partial charge on any atom is 0.0701 e. The molecular weight excluding hydrogens is 304 g/mol. The molecule has 24 heavy (non-hydrogen) atoms. The summed E-state index contributed by atoms with van der Waals surface area (Å²) in [7, 11) is 1.91. The summed E-state index contributed by atoms with van der Waals surface area (Å²) < 4.78 is 16.3. The van der Waals surface area contributed by atoms with Gasteiger partial charge >= 0.3 is 0 Å². The van der Waals surface area contributed by atoms with E-state index in [1.165, 1.54) is 24.8 Å². The molecule has 0 atom stereocenters. The fraction of sp³-hybridized carbons (Fsp3) is 0.789. The lowest BCUT2D eigenvalue weighted by atomic mass is 10.0. The van der Waals surface area contributed by atoms with Crippen molar-refractivity contribution in [3.05, 3.63) is 23.9 Å². The Morgan fingerprint density at radius 1 is 0.917 bits per heavy atom. The first-order valence-electron chi connectivity index (χ1n) is 9.18. The number of unbranched alkanes of at least 4 members (excludes halogenated alkanes) is 2. The molecule has 0 aliphatic heterocycles. The molecule has 0 amide bonds. The average molecular weight is 343 g/mol. The van der Waals surface area contributed by atoms with Crippen molar-refractivity contribution in [2.75, 3.05) is 59.8 Å². The monoisotopic (exact) mass is 342 g/mol. The molecule has 5 nitrogen and oxygen atoms in total. The lowest BCUT2D eigenvalue weighted by Crippen LogP contribution is -2.18. The standard InChI is InChI=1S/C19H38N2O3/c1-5-6-7-8-19(18(2)3)17-21-10-12-23-14-16-24-15-13-22-11-9-20-4/h17,20-21H,2,5-16H2,1,3-4H3/b19-17-. The van der Waals surface area contributed by atoms with Gasteiger partial charge in [-0.05, 0) is 38.6 Å². The van der Waals surface area contributed by atoms with Crippen LogP contribution in [0.2, 0.25) is 0 Å². The van der Waals surface area contributed by atoms with Crippen molar-refractivity contribution < 1.29 is 14.2 Å². The van der Waals surface area contributed by atoms with Crippen LogP contribution in [-0.4, -0.2) is 59.8 Å². The van der Waals surface area contributed by atoms with Gasteiger partial charge in [0, 0.05) is 13.1 Å². The maximum atomic E-state index is 5.53. The van der Waals surface area contributed by atoms with E-state index in [-0.39, 0.29) is 0 Å². The molecule has 142 valence electrons. The molecule has 0 saturated heterocycles. The maximum absolute atomic E-state index is 5.53. The molecule has 5 heteroatoms. The van der Waals surface area contributed by atoms with Crippen LogP contribution in [0.25, 0.3) is 0 Å². The molecule has 0 fully saturated rings. The summed E-state index contributed by atoms with van der Waals surface area (Å²) in [6.45, 7) is 13.9. The van der Waals surface area contributed by atoms with Gasteiger partial charge in [-0.25, -0.2) is 0 Å². The van der Waals surface area contributed by atoms with Gasteiger partial charge in [-0.2, -0.15) is 0 Å². The molecule has 2 N–H and O–H groups in total. The molecule has 0 aromatic carbocycles. The van der Waals surface area contributed by atoms with Crippen LogP contribution >= 0.6 is 0 Å². The van der Waals surface area contributed by atoms with Crippen molar-refractivity contribution >= 4 is 0 Å². The quantitative estimate of drug-likeness (QED) is 0.296. The molecule has 0 aliphatic rings. The summed E-state index contributed by atoms with van der Waals surface area (Å²) in [5.41, 5.74) is 2.45. The summed E-state index contributed by atoms with van der Waals surface area (Å²) in [5.74, 6) is 0. The third-order valence-corrected chi connectivity index (χ3v) is 3.51. The van der Waals surface area contributed by atoms with Gasteiger partial charge in [-0.15, -0.1) is 0 Å². The van der Waals surface area contributed by atoms with Gasteiger partial charge in [0.1, 0.15) is 0 Å². The van der Waals surface area contributed by atoms with Crippen molar-refractivity contribution in [1.82, 2.24) is 10.6 Å². The van der Waals surface area contributed by atoms with E-state index in [0.29, 0.717) is 33.0 Å². The lowest BCUT2D eigenvalue weighted by Gasteiger charge is -2.09. The Balaban J connectivity index is 3.44. The highest BCUT2D eigenvalue weighted by molar-refractivity contribution is 5.25. The SMILES string of the molecule is C=C(C)/C(=C\NCCOCCOCCOCCNC)CCCCC. The number of nitrogens with one attached hydrogen (secondary N) is 2. The Morgan fingerprint density at radius 3 is 2.04 bits per heavy atom. The Hall–Kier alpha value is -0.880. The number of ether oxygens (including phenoxy) is 3. The van der Waals surface area contributed by atoms with Crippen LogP contribution in [0.3, 0.4) is 0 Å². The molecule has 0 aliphatic carbocycles. The van der Waals surface area contributed by atoms with Crippen LogP contribution < -0.4 is 10.6 Å². The zero-order valence-electron chi connectivity index (χ0n) is 16.0. The average Bonchev–Trinajstić information content (AvgIpc) is 2.57. The van der Waals surface area contributed by atoms with Gasteiger partial charge in [0.15, 0.2) is 0 Å². The Labute approximate surface area is 148 Å². The molecule has 0 spiro atoms. The van der Waals surface area contributed by atoms with Crippen LogP contribution in [0.1, 0.15) is 39.5 Å². The Morgan fingerprint density at radius 2 is 1.50 bits per heavy atom. The van der Waals surface area contributed by atoms with Gasteiger partial charge in [0.25, 0.3) is 0 Å². The van der Waals surface area contributed by atoms with E-state index in [0.717, 1.165) is 31.7 Å². The van der Waals surface area contributed by atoms with Crippen molar-refractivity contribution in [2.24, 2.45) is 0 Å². The van der Waals surface area contributed by atoms with E-state index >= 15 is 0 Å². The molecule has 0 bridgehead atoms. The summed E-state index contributed by atoms with van der Waals surface area (Å²) in [5, 5.41) is 6.34. The summed E-state index contributed by atoms with van der Waals surface area (Å²) in [6, 6.07) is 0. The van der Waals surface area contributed by atoms with Crippen LogP contribution in [0.4, 0.5) is 0 Å². The number of allylic oxidation sites excluding steroid dienone is 2. The van der Waals surface area contributed by atoms with E-state index in [1.807, 2.05) is 7.05 Å². The summed E-state index contributed by atoms with van der Waals surface area (Å²) in [4.78, 5) is 0. The van der Waals surface area contributed by atoms with Gasteiger partial charge < -0.3 is 24.8 Å². The van der Waals surface area contributed by atoms with Gasteiger partial charge in [-0.1, -0.05) is 31.9 Å². The molecule has 0 saturated carbocycles. The van der Waals surface area contributed by atoms with Crippen LogP contribution in [0.5, 0.6) is 0 Å². The highest BCUT2D eigenvalue weighted by atomic mass is 16.5. The van der Waals surface area contributed by atoms with Gasteiger partial charge in [0.2, 0.25) is 0 Å². The Kier molecular flexibility index (Phi) is 17.8. The smallest absolute Gasteiger partial charge is 0.0701 e. The topological polar surface area (TPSA) is 51.8 Å².